The molecule has 0 N–H and O–H groups in total. The van der Waals surface area contributed by atoms with Crippen molar-refractivity contribution in [3.05, 3.63) is 114 Å². The maximum absolute atomic E-state index is 14.2. The molecule has 6 aromatic rings. The summed E-state index contributed by atoms with van der Waals surface area (Å²) in [5.74, 6) is -2.75. The van der Waals surface area contributed by atoms with E-state index in [1.165, 1.54) is 11.3 Å². The SMILES string of the molecule is [2H]C(C)(C)c1cc(-c2[c-]cccc2)ncc1[Si](C)(C)C.[2H]C(C)(C)c1ccnc(-c2[c-]ccc3c2oc2cc(F)cc(F)c23)c1.[Ir]. The number of pyridine rings is 2. The Morgan fingerprint density at radius 2 is 1.64 bits per heavy atom. The molecule has 3 aromatic heterocycles. The van der Waals surface area contributed by atoms with Crippen molar-refractivity contribution in [2.45, 2.75) is 59.1 Å². The standard InChI is InChI=1S/C20H14F2NO.C17H22NSi.Ir/c1-11(2)12-6-7-23-17(8-12)14-4-3-5-15-19-16(22)9-13(21)10-18(19)24-20(14)15;1-13(2)15-11-16(14-9-7-6-8-10-14)18-12-17(15)19(3,4)5;/h3,5-11H,1-2H3;6-9,11-13H,1-5H3;/q2*-1;/i11D;13D;. The van der Waals surface area contributed by atoms with Gasteiger partial charge in [-0.25, -0.2) is 8.78 Å². The summed E-state index contributed by atoms with van der Waals surface area (Å²) in [6, 6.07) is 25.1. The van der Waals surface area contributed by atoms with Crippen LogP contribution in [0, 0.1) is 23.8 Å². The number of halogens is 2. The molecule has 0 atom stereocenters. The van der Waals surface area contributed by atoms with Gasteiger partial charge in [0, 0.05) is 52.8 Å². The van der Waals surface area contributed by atoms with Crippen LogP contribution in [-0.4, -0.2) is 18.0 Å². The van der Waals surface area contributed by atoms with Crippen LogP contribution in [0.5, 0.6) is 0 Å². The summed E-state index contributed by atoms with van der Waals surface area (Å²) in [6.45, 7) is 14.4. The smallest absolute Gasteiger partial charge is 0.136 e. The minimum absolute atomic E-state index is 0. The van der Waals surface area contributed by atoms with E-state index in [1.807, 2.05) is 44.3 Å². The molecule has 1 radical (unpaired) electrons. The van der Waals surface area contributed by atoms with E-state index >= 15 is 0 Å². The third kappa shape index (κ3) is 7.07. The van der Waals surface area contributed by atoms with Crippen LogP contribution in [0.4, 0.5) is 8.78 Å². The van der Waals surface area contributed by atoms with Crippen LogP contribution in [0.25, 0.3) is 44.5 Å². The van der Waals surface area contributed by atoms with Crippen molar-refractivity contribution in [1.29, 1.82) is 0 Å². The molecule has 6 rings (SSSR count). The fourth-order valence-corrected chi connectivity index (χ4v) is 6.61. The number of hydrogen-bond acceptors (Lipinski definition) is 3. The van der Waals surface area contributed by atoms with E-state index < -0.39 is 31.5 Å². The molecule has 0 spiro atoms. The second kappa shape index (κ2) is 13.6. The Morgan fingerprint density at radius 1 is 0.864 bits per heavy atom. The zero-order valence-corrected chi connectivity index (χ0v) is 29.3. The van der Waals surface area contributed by atoms with Crippen LogP contribution >= 0.6 is 0 Å². The fraction of sp³-hybridized carbons (Fsp3) is 0.243. The predicted molar refractivity (Wildman–Crippen MR) is 175 cm³/mol. The van der Waals surface area contributed by atoms with E-state index in [-0.39, 0.29) is 31.1 Å². The molecular weight excluding hydrogens is 747 g/mol. The van der Waals surface area contributed by atoms with Gasteiger partial charge in [0.1, 0.15) is 17.2 Å². The van der Waals surface area contributed by atoms with E-state index in [9.17, 15) is 8.78 Å². The largest absolute Gasteiger partial charge is 0.500 e. The van der Waals surface area contributed by atoms with Crippen LogP contribution < -0.4 is 5.19 Å². The van der Waals surface area contributed by atoms with Crippen LogP contribution in [0.15, 0.2) is 83.5 Å². The molecule has 0 aliphatic heterocycles. The van der Waals surface area contributed by atoms with Gasteiger partial charge in [-0.05, 0) is 34.4 Å². The molecule has 0 aliphatic carbocycles. The van der Waals surface area contributed by atoms with Crippen LogP contribution in [0.3, 0.4) is 0 Å². The van der Waals surface area contributed by atoms with Gasteiger partial charge in [0.05, 0.1) is 13.7 Å². The minimum atomic E-state index is -1.50. The number of rotatable bonds is 5. The van der Waals surface area contributed by atoms with Crippen LogP contribution in [-0.2, 0) is 20.1 Å². The maximum atomic E-state index is 14.2. The van der Waals surface area contributed by atoms with Crippen molar-refractivity contribution < 1.29 is 36.0 Å². The molecule has 0 amide bonds. The quantitative estimate of drug-likeness (QED) is 0.129. The van der Waals surface area contributed by atoms with Gasteiger partial charge in [0.2, 0.25) is 0 Å². The fourth-order valence-electron chi connectivity index (χ4n) is 5.02. The van der Waals surface area contributed by atoms with Crippen LogP contribution in [0.2, 0.25) is 19.6 Å². The van der Waals surface area contributed by atoms with Gasteiger partial charge in [-0.1, -0.05) is 81.5 Å². The zero-order valence-electron chi connectivity index (χ0n) is 27.9. The van der Waals surface area contributed by atoms with Gasteiger partial charge in [-0.15, -0.1) is 54.1 Å². The minimum Gasteiger partial charge on any atom is -0.500 e. The number of nitrogens with zero attached hydrogens (tertiary/aromatic N) is 2. The number of furan rings is 1. The predicted octanol–water partition coefficient (Wildman–Crippen LogP) is 10.1. The molecule has 0 aliphatic rings. The summed E-state index contributed by atoms with van der Waals surface area (Å²) < 4.78 is 50.1. The number of benzene rings is 3. The van der Waals surface area contributed by atoms with Gasteiger partial charge in [0.15, 0.2) is 0 Å². The zero-order chi connectivity index (χ0) is 32.7. The normalized spacial score (nSPS) is 12.7. The molecular formula is C37H36F2IrN2OSi-2. The molecule has 0 saturated carbocycles. The molecule has 7 heteroatoms. The van der Waals surface area contributed by atoms with Crippen molar-refractivity contribution in [1.82, 2.24) is 9.97 Å². The molecule has 229 valence electrons. The summed E-state index contributed by atoms with van der Waals surface area (Å²) in [7, 11) is -1.50. The average molecular weight is 785 g/mol. The Labute approximate surface area is 275 Å². The Kier molecular flexibility index (Phi) is 9.46. The molecule has 44 heavy (non-hydrogen) atoms. The Bertz CT molecular complexity index is 2000. The summed E-state index contributed by atoms with van der Waals surface area (Å²) >= 11 is 0. The van der Waals surface area contributed by atoms with Gasteiger partial charge in [0.25, 0.3) is 0 Å². The topological polar surface area (TPSA) is 38.9 Å². The van der Waals surface area contributed by atoms with Crippen LogP contribution in [0.1, 0.15) is 53.4 Å². The summed E-state index contributed by atoms with van der Waals surface area (Å²) in [5, 5.41) is 2.05. The molecule has 3 heterocycles. The van der Waals surface area contributed by atoms with E-state index in [0.29, 0.717) is 22.2 Å². The molecule has 0 unspecified atom stereocenters. The first kappa shape index (κ1) is 30.5. The average Bonchev–Trinajstić information content (AvgIpc) is 3.35. The first-order valence-electron chi connectivity index (χ1n) is 15.2. The van der Waals surface area contributed by atoms with E-state index in [0.717, 1.165) is 28.5 Å². The first-order valence-corrected chi connectivity index (χ1v) is 17.7. The first-order chi connectivity index (χ1) is 21.0. The van der Waals surface area contributed by atoms with Crippen molar-refractivity contribution in [2.24, 2.45) is 0 Å². The van der Waals surface area contributed by atoms with Gasteiger partial charge in [-0.2, -0.15) is 0 Å². The summed E-state index contributed by atoms with van der Waals surface area (Å²) in [5.41, 5.74) is 5.45. The van der Waals surface area contributed by atoms with Gasteiger partial charge < -0.3 is 14.4 Å². The maximum Gasteiger partial charge on any atom is 0.136 e. The molecule has 0 bridgehead atoms. The van der Waals surface area contributed by atoms with E-state index in [4.69, 9.17) is 7.16 Å². The Balaban J connectivity index is 0.000000210. The number of fused-ring (bicyclic) bond motifs is 3. The Hall–Kier alpha value is -3.51. The van der Waals surface area contributed by atoms with E-state index in [1.54, 1.807) is 44.3 Å². The summed E-state index contributed by atoms with van der Waals surface area (Å²) in [6.07, 6.45) is 3.60. The molecule has 3 nitrogen and oxygen atoms in total. The Morgan fingerprint density at radius 3 is 2.30 bits per heavy atom. The number of hydrogen-bond donors (Lipinski definition) is 0. The third-order valence-corrected chi connectivity index (χ3v) is 9.29. The second-order valence-electron chi connectivity index (χ2n) is 12.0. The van der Waals surface area contributed by atoms with Crippen molar-refractivity contribution in [3.63, 3.8) is 0 Å². The van der Waals surface area contributed by atoms with Crippen molar-refractivity contribution in [3.8, 4) is 22.5 Å². The van der Waals surface area contributed by atoms with Crippen molar-refractivity contribution >= 4 is 35.2 Å². The monoisotopic (exact) mass is 785 g/mol. The molecule has 0 saturated heterocycles. The van der Waals surface area contributed by atoms with E-state index in [2.05, 4.69) is 47.8 Å². The second-order valence-corrected chi connectivity index (χ2v) is 17.1. The molecule has 0 fully saturated rings. The van der Waals surface area contributed by atoms with Gasteiger partial charge in [-0.3, -0.25) is 0 Å². The third-order valence-electron chi connectivity index (χ3n) is 7.28. The summed E-state index contributed by atoms with van der Waals surface area (Å²) in [4.78, 5) is 8.95. The van der Waals surface area contributed by atoms with Crippen molar-refractivity contribution in [2.75, 3.05) is 0 Å². The molecule has 3 aromatic carbocycles. The number of aromatic nitrogens is 2. The van der Waals surface area contributed by atoms with Gasteiger partial charge >= 0.3 is 0 Å².